The molecule has 8 atom stereocenters. The number of halogens is 3. The van der Waals surface area contributed by atoms with Crippen LogP contribution in [0.1, 0.15) is 59.8 Å². The number of rotatable bonds is 5. The predicted molar refractivity (Wildman–Crippen MR) is 108 cm³/mol. The number of aliphatic hydroxyl groups excluding tert-OH is 1. The summed E-state index contributed by atoms with van der Waals surface area (Å²) in [6.45, 7) is 8.90. The van der Waals surface area contributed by atoms with Crippen LogP contribution in [-0.4, -0.2) is 36.8 Å². The fourth-order valence-corrected chi connectivity index (χ4v) is 6.15. The molecule has 0 aromatic heterocycles. The average molecular weight is 418 g/mol. The average Bonchev–Trinajstić information content (AvgIpc) is 2.94. The SMILES string of the molecule is CO[C@H]1C(C(C)C)C=C(CC2C(O)NC3CC(C(F)(F)F)CCC32)C[C@H]1C(C)C. The lowest BCUT2D eigenvalue weighted by Gasteiger charge is -2.41. The summed E-state index contributed by atoms with van der Waals surface area (Å²) in [6.07, 6.45) is 0.233. The molecular formula is C23H38F3NO2. The van der Waals surface area contributed by atoms with Gasteiger partial charge in [-0.2, -0.15) is 13.2 Å². The van der Waals surface area contributed by atoms with Gasteiger partial charge in [0.1, 0.15) is 6.23 Å². The van der Waals surface area contributed by atoms with Gasteiger partial charge in [0.25, 0.3) is 0 Å². The van der Waals surface area contributed by atoms with Gasteiger partial charge < -0.3 is 9.84 Å². The third kappa shape index (κ3) is 4.85. The predicted octanol–water partition coefficient (Wildman–Crippen LogP) is 5.15. The quantitative estimate of drug-likeness (QED) is 0.608. The molecule has 168 valence electrons. The molecule has 3 aliphatic rings. The van der Waals surface area contributed by atoms with E-state index >= 15 is 0 Å². The number of fused-ring (bicyclic) bond motifs is 1. The molecule has 6 heteroatoms. The maximum atomic E-state index is 13.2. The highest BCUT2D eigenvalue weighted by Gasteiger charge is 2.51. The number of hydrogen-bond donors (Lipinski definition) is 2. The highest BCUT2D eigenvalue weighted by molar-refractivity contribution is 5.16. The molecule has 6 unspecified atom stereocenters. The smallest absolute Gasteiger partial charge is 0.381 e. The van der Waals surface area contributed by atoms with E-state index < -0.39 is 18.3 Å². The second kappa shape index (κ2) is 8.88. The van der Waals surface area contributed by atoms with Crippen molar-refractivity contribution in [3.05, 3.63) is 11.6 Å². The monoisotopic (exact) mass is 417 g/mol. The molecule has 2 fully saturated rings. The first-order valence-corrected chi connectivity index (χ1v) is 11.3. The highest BCUT2D eigenvalue weighted by Crippen LogP contribution is 2.48. The molecule has 1 aliphatic heterocycles. The second-order valence-electron chi connectivity index (χ2n) is 10.3. The first-order chi connectivity index (χ1) is 13.5. The Morgan fingerprint density at radius 3 is 2.41 bits per heavy atom. The molecule has 0 bridgehead atoms. The van der Waals surface area contributed by atoms with Crippen LogP contribution >= 0.6 is 0 Å². The van der Waals surface area contributed by atoms with Crippen LogP contribution in [-0.2, 0) is 4.74 Å². The van der Waals surface area contributed by atoms with E-state index in [2.05, 4.69) is 39.1 Å². The Kier molecular flexibility index (Phi) is 7.06. The molecule has 0 aromatic rings. The third-order valence-corrected chi connectivity index (χ3v) is 7.83. The lowest BCUT2D eigenvalue weighted by molar-refractivity contribution is -0.185. The number of ether oxygens (including phenoxy) is 1. The molecular weight excluding hydrogens is 379 g/mol. The zero-order valence-electron chi connectivity index (χ0n) is 18.4. The molecule has 0 radical (unpaired) electrons. The van der Waals surface area contributed by atoms with Gasteiger partial charge in [-0.3, -0.25) is 5.32 Å². The summed E-state index contributed by atoms with van der Waals surface area (Å²) < 4.78 is 45.4. The standard InChI is InChI=1S/C23H38F3NO2/c1-12(2)17-8-14(9-18(13(3)4)21(17)29-5)10-19-16-7-6-15(23(24,25)26)11-20(16)27-22(19)28/h8,12-13,15-22,27-28H,6-7,9-11H2,1-5H3/t15?,16?,17?,18-,19?,20?,21-,22?/m0/s1. The molecule has 2 N–H and O–H groups in total. The lowest BCUT2D eigenvalue weighted by atomic mass is 9.68. The van der Waals surface area contributed by atoms with Gasteiger partial charge in [0.15, 0.2) is 0 Å². The normalized spacial score (nSPS) is 41.0. The molecule has 3 rings (SSSR count). The molecule has 29 heavy (non-hydrogen) atoms. The van der Waals surface area contributed by atoms with E-state index in [9.17, 15) is 18.3 Å². The molecule has 1 saturated heterocycles. The van der Waals surface area contributed by atoms with Gasteiger partial charge in [-0.1, -0.05) is 39.3 Å². The van der Waals surface area contributed by atoms with Crippen molar-refractivity contribution in [1.82, 2.24) is 5.32 Å². The number of nitrogens with one attached hydrogen (secondary N) is 1. The van der Waals surface area contributed by atoms with Crippen molar-refractivity contribution in [1.29, 1.82) is 0 Å². The van der Waals surface area contributed by atoms with Gasteiger partial charge in [0.05, 0.1) is 12.0 Å². The van der Waals surface area contributed by atoms with E-state index in [1.165, 1.54) is 5.57 Å². The van der Waals surface area contributed by atoms with Gasteiger partial charge in [-0.05, 0) is 55.8 Å². The summed E-state index contributed by atoms with van der Waals surface area (Å²) in [6, 6.07) is -0.229. The van der Waals surface area contributed by atoms with E-state index in [0.29, 0.717) is 30.1 Å². The van der Waals surface area contributed by atoms with Crippen LogP contribution in [0.25, 0.3) is 0 Å². The van der Waals surface area contributed by atoms with Gasteiger partial charge in [0, 0.05) is 25.0 Å². The molecule has 1 saturated carbocycles. The van der Waals surface area contributed by atoms with Crippen LogP contribution in [0.2, 0.25) is 0 Å². The summed E-state index contributed by atoms with van der Waals surface area (Å²) in [5.74, 6) is 0.591. The summed E-state index contributed by atoms with van der Waals surface area (Å²) in [5.41, 5.74) is 1.35. The maximum absolute atomic E-state index is 13.2. The highest BCUT2D eigenvalue weighted by atomic mass is 19.4. The number of alkyl halides is 3. The first-order valence-electron chi connectivity index (χ1n) is 11.3. The van der Waals surface area contributed by atoms with Crippen molar-refractivity contribution in [3.8, 4) is 0 Å². The number of methoxy groups -OCH3 is 1. The topological polar surface area (TPSA) is 41.5 Å². The summed E-state index contributed by atoms with van der Waals surface area (Å²) in [7, 11) is 1.79. The molecule has 0 amide bonds. The van der Waals surface area contributed by atoms with Crippen LogP contribution in [0.4, 0.5) is 13.2 Å². The van der Waals surface area contributed by atoms with E-state index in [0.717, 1.165) is 12.8 Å². The van der Waals surface area contributed by atoms with Gasteiger partial charge in [-0.15, -0.1) is 0 Å². The van der Waals surface area contributed by atoms with Gasteiger partial charge >= 0.3 is 6.18 Å². The molecule has 0 spiro atoms. The number of allylic oxidation sites excluding steroid dienone is 1. The van der Waals surface area contributed by atoms with Crippen molar-refractivity contribution in [2.75, 3.05) is 7.11 Å². The van der Waals surface area contributed by atoms with Crippen LogP contribution < -0.4 is 5.32 Å². The Morgan fingerprint density at radius 1 is 1.17 bits per heavy atom. The Balaban J connectivity index is 1.75. The van der Waals surface area contributed by atoms with Crippen LogP contribution in [0.3, 0.4) is 0 Å². The van der Waals surface area contributed by atoms with Crippen LogP contribution in [0, 0.1) is 41.4 Å². The molecule has 2 aliphatic carbocycles. The van der Waals surface area contributed by atoms with Crippen molar-refractivity contribution in [2.24, 2.45) is 41.4 Å². The van der Waals surface area contributed by atoms with E-state index in [-0.39, 0.29) is 36.8 Å². The van der Waals surface area contributed by atoms with Crippen molar-refractivity contribution >= 4 is 0 Å². The minimum Gasteiger partial charge on any atom is -0.381 e. The van der Waals surface area contributed by atoms with Crippen molar-refractivity contribution in [2.45, 2.75) is 84.3 Å². The summed E-state index contributed by atoms with van der Waals surface area (Å²) in [4.78, 5) is 0. The Labute approximate surface area is 173 Å². The Bertz CT molecular complexity index is 589. The first kappa shape index (κ1) is 23.1. The van der Waals surface area contributed by atoms with Crippen LogP contribution in [0.15, 0.2) is 11.6 Å². The lowest BCUT2D eigenvalue weighted by Crippen LogP contribution is -2.40. The maximum Gasteiger partial charge on any atom is 0.391 e. The van der Waals surface area contributed by atoms with Gasteiger partial charge in [0.2, 0.25) is 0 Å². The molecule has 1 heterocycles. The zero-order valence-corrected chi connectivity index (χ0v) is 18.4. The summed E-state index contributed by atoms with van der Waals surface area (Å²) in [5, 5.41) is 13.7. The van der Waals surface area contributed by atoms with Crippen molar-refractivity contribution in [3.63, 3.8) is 0 Å². The molecule has 0 aromatic carbocycles. The number of aliphatic hydroxyl groups is 1. The fraction of sp³-hybridized carbons (Fsp3) is 0.913. The van der Waals surface area contributed by atoms with E-state index in [4.69, 9.17) is 4.74 Å². The van der Waals surface area contributed by atoms with Gasteiger partial charge in [-0.25, -0.2) is 0 Å². The van der Waals surface area contributed by atoms with E-state index in [1.807, 2.05) is 0 Å². The Hall–Kier alpha value is -0.590. The third-order valence-electron chi connectivity index (χ3n) is 7.83. The molecule has 3 nitrogen and oxygen atoms in total. The van der Waals surface area contributed by atoms with E-state index in [1.54, 1.807) is 7.11 Å². The summed E-state index contributed by atoms with van der Waals surface area (Å²) >= 11 is 0. The largest absolute Gasteiger partial charge is 0.391 e. The fourth-order valence-electron chi connectivity index (χ4n) is 6.15. The number of hydrogen-bond acceptors (Lipinski definition) is 3. The van der Waals surface area contributed by atoms with Crippen molar-refractivity contribution < 1.29 is 23.0 Å². The zero-order chi connectivity index (χ0) is 21.5. The minimum absolute atomic E-state index is 0.000142. The van der Waals surface area contributed by atoms with Crippen LogP contribution in [0.5, 0.6) is 0 Å². The Morgan fingerprint density at radius 2 is 1.86 bits per heavy atom. The minimum atomic E-state index is -4.13. The second-order valence-corrected chi connectivity index (χ2v) is 10.3.